The lowest BCUT2D eigenvalue weighted by Gasteiger charge is -2.29. The Bertz CT molecular complexity index is 1380. The quantitative estimate of drug-likeness (QED) is 0.231. The van der Waals surface area contributed by atoms with E-state index in [-0.39, 0.29) is 16.0 Å². The third-order valence-electron chi connectivity index (χ3n) is 7.57. The maximum atomic E-state index is 14.7. The van der Waals surface area contributed by atoms with E-state index in [4.69, 9.17) is 4.74 Å². The summed E-state index contributed by atoms with van der Waals surface area (Å²) in [7, 11) is -3.93. The second-order valence-corrected chi connectivity index (χ2v) is 13.5. The number of halogens is 1. The van der Waals surface area contributed by atoms with E-state index < -0.39 is 15.8 Å². The lowest BCUT2D eigenvalue weighted by Crippen LogP contribution is -2.32. The van der Waals surface area contributed by atoms with Gasteiger partial charge in [-0.2, -0.15) is 0 Å². The molecular weight excluding hydrogens is 523 g/mol. The summed E-state index contributed by atoms with van der Waals surface area (Å²) in [6, 6.07) is 18.4. The van der Waals surface area contributed by atoms with Crippen molar-refractivity contribution in [2.45, 2.75) is 83.1 Å². The summed E-state index contributed by atoms with van der Waals surface area (Å²) in [4.78, 5) is 2.56. The van der Waals surface area contributed by atoms with Crippen LogP contribution in [0.2, 0.25) is 0 Å². The third-order valence-corrected chi connectivity index (χ3v) is 8.93. The molecule has 3 aromatic carbocycles. The molecule has 0 atom stereocenters. The average Bonchev–Trinajstić information content (AvgIpc) is 2.92. The van der Waals surface area contributed by atoms with Gasteiger partial charge in [-0.15, -0.1) is 0 Å². The molecule has 1 aliphatic heterocycles. The largest absolute Gasteiger partial charge is 0.493 e. The van der Waals surface area contributed by atoms with Crippen molar-refractivity contribution in [3.8, 4) is 5.75 Å². The summed E-state index contributed by atoms with van der Waals surface area (Å²) in [6.45, 7) is 11.9. The Kier molecular flexibility index (Phi) is 9.90. The molecule has 0 amide bonds. The van der Waals surface area contributed by atoms with Gasteiger partial charge in [0.15, 0.2) is 5.82 Å². The van der Waals surface area contributed by atoms with Gasteiger partial charge in [0.1, 0.15) is 5.75 Å². The van der Waals surface area contributed by atoms with Crippen LogP contribution in [0.3, 0.4) is 0 Å². The number of benzene rings is 3. The highest BCUT2D eigenvalue weighted by Crippen LogP contribution is 2.27. The second-order valence-electron chi connectivity index (χ2n) is 11.8. The van der Waals surface area contributed by atoms with Gasteiger partial charge in [0.2, 0.25) is 0 Å². The SMILES string of the molecule is CCCCCCOc1ccc(NS(=O)(=O)c2ccc3c(c2)CCN(CCc2ccc(C(C)(C)C)cc2)C3)c(F)c1. The van der Waals surface area contributed by atoms with Crippen LogP contribution in [0.15, 0.2) is 65.6 Å². The maximum Gasteiger partial charge on any atom is 0.261 e. The molecule has 0 spiro atoms. The Balaban J connectivity index is 1.33. The zero-order valence-electron chi connectivity index (χ0n) is 24.3. The van der Waals surface area contributed by atoms with E-state index in [1.165, 1.54) is 23.3 Å². The van der Waals surface area contributed by atoms with E-state index in [2.05, 4.69) is 61.6 Å². The molecule has 0 bridgehead atoms. The van der Waals surface area contributed by atoms with Crippen molar-refractivity contribution in [3.63, 3.8) is 0 Å². The number of anilines is 1. The van der Waals surface area contributed by atoms with Gasteiger partial charge in [-0.05, 0) is 71.2 Å². The molecule has 5 nitrogen and oxygen atoms in total. The van der Waals surface area contributed by atoms with Crippen LogP contribution in [0, 0.1) is 5.82 Å². The molecule has 1 N–H and O–H groups in total. The van der Waals surface area contributed by atoms with Crippen molar-refractivity contribution in [2.75, 3.05) is 24.4 Å². The minimum Gasteiger partial charge on any atom is -0.493 e. The number of ether oxygens (including phenoxy) is 1. The van der Waals surface area contributed by atoms with E-state index in [0.717, 1.165) is 69.3 Å². The molecule has 3 aromatic rings. The number of nitrogens with one attached hydrogen (secondary N) is 1. The van der Waals surface area contributed by atoms with E-state index >= 15 is 0 Å². The summed E-state index contributed by atoms with van der Waals surface area (Å²) in [5, 5.41) is 0. The van der Waals surface area contributed by atoms with Crippen LogP contribution in [0.5, 0.6) is 5.75 Å². The Hall–Kier alpha value is -2.90. The van der Waals surface area contributed by atoms with Crippen LogP contribution < -0.4 is 9.46 Å². The number of hydrogen-bond donors (Lipinski definition) is 1. The van der Waals surface area contributed by atoms with Gasteiger partial charge >= 0.3 is 0 Å². The molecule has 216 valence electrons. The van der Waals surface area contributed by atoms with Crippen molar-refractivity contribution in [2.24, 2.45) is 0 Å². The minimum atomic E-state index is -3.93. The van der Waals surface area contributed by atoms with Crippen molar-refractivity contribution in [1.82, 2.24) is 4.90 Å². The van der Waals surface area contributed by atoms with Crippen molar-refractivity contribution in [1.29, 1.82) is 0 Å². The van der Waals surface area contributed by atoms with Crippen LogP contribution in [-0.4, -0.2) is 33.0 Å². The first-order valence-corrected chi connectivity index (χ1v) is 15.9. The van der Waals surface area contributed by atoms with Gasteiger partial charge < -0.3 is 4.74 Å². The highest BCUT2D eigenvalue weighted by Gasteiger charge is 2.22. The fraction of sp³-hybridized carbons (Fsp3) is 0.455. The van der Waals surface area contributed by atoms with Gasteiger partial charge in [-0.3, -0.25) is 9.62 Å². The van der Waals surface area contributed by atoms with Crippen LogP contribution >= 0.6 is 0 Å². The van der Waals surface area contributed by atoms with Crippen LogP contribution in [-0.2, 0) is 34.8 Å². The lowest BCUT2D eigenvalue weighted by atomic mass is 9.86. The standard InChI is InChI=1S/C33H43FN2O3S/c1-5-6-7-8-21-39-29-14-16-32(31(34)23-29)35-40(37,38)30-15-11-27-24-36(20-18-26(27)22-30)19-17-25-9-12-28(13-10-25)33(2,3)4/h9-16,22-23,35H,5-8,17-21,24H2,1-4H3. The van der Waals surface area contributed by atoms with Gasteiger partial charge in [0.05, 0.1) is 17.2 Å². The number of nitrogens with zero attached hydrogens (tertiary/aromatic N) is 1. The molecule has 1 heterocycles. The van der Waals surface area contributed by atoms with E-state index in [1.54, 1.807) is 18.2 Å². The summed E-state index contributed by atoms with van der Waals surface area (Å²) in [5.74, 6) is -0.256. The molecular formula is C33H43FN2O3S. The molecule has 40 heavy (non-hydrogen) atoms. The molecule has 1 aliphatic rings. The fourth-order valence-electron chi connectivity index (χ4n) is 5.00. The average molecular weight is 567 g/mol. The predicted octanol–water partition coefficient (Wildman–Crippen LogP) is 7.48. The summed E-state index contributed by atoms with van der Waals surface area (Å²) in [6.07, 6.45) is 6.02. The van der Waals surface area contributed by atoms with Crippen LogP contribution in [0.4, 0.5) is 10.1 Å². The molecule has 0 radical (unpaired) electrons. The molecule has 0 aliphatic carbocycles. The van der Waals surface area contributed by atoms with Gasteiger partial charge in [-0.1, -0.05) is 77.3 Å². The molecule has 7 heteroatoms. The van der Waals surface area contributed by atoms with Crippen molar-refractivity contribution >= 4 is 15.7 Å². The van der Waals surface area contributed by atoms with E-state index in [1.807, 2.05) is 6.07 Å². The van der Waals surface area contributed by atoms with Gasteiger partial charge in [0.25, 0.3) is 10.0 Å². The van der Waals surface area contributed by atoms with E-state index in [9.17, 15) is 12.8 Å². The number of unbranched alkanes of at least 4 members (excludes halogenated alkanes) is 3. The summed E-state index contributed by atoms with van der Waals surface area (Å²) in [5.41, 5.74) is 4.90. The first-order chi connectivity index (χ1) is 19.0. The minimum absolute atomic E-state index is 0.0854. The normalized spacial score (nSPS) is 14.1. The highest BCUT2D eigenvalue weighted by molar-refractivity contribution is 7.92. The lowest BCUT2D eigenvalue weighted by molar-refractivity contribution is 0.257. The van der Waals surface area contributed by atoms with E-state index in [0.29, 0.717) is 12.4 Å². The van der Waals surface area contributed by atoms with Gasteiger partial charge in [-0.25, -0.2) is 12.8 Å². The number of hydrogen-bond acceptors (Lipinski definition) is 4. The zero-order valence-corrected chi connectivity index (χ0v) is 25.1. The van der Waals surface area contributed by atoms with Crippen LogP contribution in [0.1, 0.15) is 75.6 Å². The fourth-order valence-corrected chi connectivity index (χ4v) is 6.11. The molecule has 0 saturated heterocycles. The Labute approximate surface area is 239 Å². The number of rotatable bonds is 12. The van der Waals surface area contributed by atoms with Crippen molar-refractivity contribution < 1.29 is 17.5 Å². The Morgan fingerprint density at radius 2 is 1.73 bits per heavy atom. The zero-order chi connectivity index (χ0) is 28.8. The number of fused-ring (bicyclic) bond motifs is 1. The second kappa shape index (κ2) is 13.2. The monoisotopic (exact) mass is 566 g/mol. The van der Waals surface area contributed by atoms with Gasteiger partial charge in [0, 0.05) is 25.7 Å². The summed E-state index contributed by atoms with van der Waals surface area (Å²) < 4.78 is 48.9. The molecule has 4 rings (SSSR count). The first kappa shape index (κ1) is 30.1. The summed E-state index contributed by atoms with van der Waals surface area (Å²) >= 11 is 0. The number of sulfonamides is 1. The van der Waals surface area contributed by atoms with Crippen molar-refractivity contribution in [3.05, 3.63) is 88.7 Å². The molecule has 0 aromatic heterocycles. The Morgan fingerprint density at radius 1 is 0.950 bits per heavy atom. The molecule has 0 saturated carbocycles. The molecule has 0 fully saturated rings. The first-order valence-electron chi connectivity index (χ1n) is 14.4. The smallest absolute Gasteiger partial charge is 0.261 e. The van der Waals surface area contributed by atoms with Crippen LogP contribution in [0.25, 0.3) is 0 Å². The highest BCUT2D eigenvalue weighted by atomic mass is 32.2. The topological polar surface area (TPSA) is 58.6 Å². The maximum absolute atomic E-state index is 14.7. The predicted molar refractivity (Wildman–Crippen MR) is 161 cm³/mol. The third kappa shape index (κ3) is 8.07. The Morgan fingerprint density at radius 3 is 2.42 bits per heavy atom. The molecule has 0 unspecified atom stereocenters.